The van der Waals surface area contributed by atoms with Gasteiger partial charge < -0.3 is 34.6 Å². The molecule has 38 heavy (non-hydrogen) atoms. The zero-order chi connectivity index (χ0) is 27.8. The highest BCUT2D eigenvalue weighted by Gasteiger charge is 2.75. The van der Waals surface area contributed by atoms with E-state index in [1.807, 2.05) is 6.92 Å². The van der Waals surface area contributed by atoms with E-state index in [9.17, 15) is 25.2 Å². The molecule has 5 rings (SSSR count). The molecule has 2 bridgehead atoms. The Hall–Kier alpha value is -2.23. The summed E-state index contributed by atoms with van der Waals surface area (Å²) >= 11 is 0. The van der Waals surface area contributed by atoms with Crippen molar-refractivity contribution in [2.45, 2.75) is 95.6 Å². The number of carbonyl (C=O) groups excluding carboxylic acids is 1. The Morgan fingerprint density at radius 2 is 1.79 bits per heavy atom. The summed E-state index contributed by atoms with van der Waals surface area (Å²) in [4.78, 5) is 13.6. The topological polar surface area (TPSA) is 126 Å². The summed E-state index contributed by atoms with van der Waals surface area (Å²) in [6.07, 6.45) is -4.50. The van der Waals surface area contributed by atoms with Crippen LogP contribution in [0.1, 0.15) is 64.2 Å². The molecule has 3 fully saturated rings. The van der Waals surface area contributed by atoms with Crippen LogP contribution in [0.2, 0.25) is 0 Å². The Balaban J connectivity index is 1.78. The van der Waals surface area contributed by atoms with Gasteiger partial charge in [0.25, 0.3) is 0 Å². The summed E-state index contributed by atoms with van der Waals surface area (Å²) in [5.74, 6) is -1.000. The molecule has 1 aromatic rings. The standard InChI is InChI=1S/C30H40O8/c1-16(2)38-29-15-36-20(29)12-13-28(6)23(29)25(37-26(34)18-10-8-7-9-11-18)30(35)14-19(31)17(3)21(27(30,4)5)22(32)24(28)33/h7-11,19-20,22-25,31-33,35H,1,12-15H2,2-6H3/t19-,20?,22+,23-,24+,25-,28+,29-,30+/m0/s1. The van der Waals surface area contributed by atoms with Gasteiger partial charge in [0.15, 0.2) is 5.60 Å². The minimum atomic E-state index is -1.82. The average molecular weight is 529 g/mol. The van der Waals surface area contributed by atoms with Crippen molar-refractivity contribution in [2.75, 3.05) is 6.61 Å². The molecule has 208 valence electrons. The lowest BCUT2D eigenvalue weighted by Crippen LogP contribution is -2.79. The number of aliphatic hydroxyl groups excluding tert-OH is 3. The first-order valence-electron chi connectivity index (χ1n) is 13.4. The highest BCUT2D eigenvalue weighted by Crippen LogP contribution is 2.65. The molecular weight excluding hydrogens is 488 g/mol. The van der Waals surface area contributed by atoms with E-state index in [0.29, 0.717) is 35.3 Å². The minimum absolute atomic E-state index is 0.119. The van der Waals surface area contributed by atoms with E-state index in [4.69, 9.17) is 14.2 Å². The number of esters is 1. The van der Waals surface area contributed by atoms with Crippen LogP contribution in [0.4, 0.5) is 0 Å². The average Bonchev–Trinajstić information content (AvgIpc) is 2.84. The Morgan fingerprint density at radius 3 is 2.37 bits per heavy atom. The summed E-state index contributed by atoms with van der Waals surface area (Å²) in [7, 11) is 0. The second-order valence-electron chi connectivity index (χ2n) is 12.5. The second kappa shape index (κ2) is 8.89. The number of ether oxygens (including phenoxy) is 3. The van der Waals surface area contributed by atoms with Gasteiger partial charge in [0.05, 0.1) is 36.1 Å². The van der Waals surface area contributed by atoms with Crippen LogP contribution in [0.15, 0.2) is 53.8 Å². The van der Waals surface area contributed by atoms with Gasteiger partial charge in [0.2, 0.25) is 0 Å². The van der Waals surface area contributed by atoms with Crippen LogP contribution in [0.25, 0.3) is 0 Å². The molecule has 1 heterocycles. The van der Waals surface area contributed by atoms with E-state index in [2.05, 4.69) is 6.58 Å². The van der Waals surface area contributed by atoms with Crippen molar-refractivity contribution in [3.8, 4) is 0 Å². The summed E-state index contributed by atoms with van der Waals surface area (Å²) in [6, 6.07) is 8.53. The quantitative estimate of drug-likeness (QED) is 0.267. The molecule has 1 unspecified atom stereocenters. The van der Waals surface area contributed by atoms with E-state index in [0.717, 1.165) is 0 Å². The summed E-state index contributed by atoms with van der Waals surface area (Å²) in [6.45, 7) is 12.9. The third-order valence-electron chi connectivity index (χ3n) is 10.1. The van der Waals surface area contributed by atoms with Crippen LogP contribution in [-0.2, 0) is 14.2 Å². The maximum Gasteiger partial charge on any atom is 0.338 e. The van der Waals surface area contributed by atoms with Crippen molar-refractivity contribution in [3.63, 3.8) is 0 Å². The number of rotatable bonds is 4. The first-order chi connectivity index (χ1) is 17.7. The Morgan fingerprint density at radius 1 is 1.13 bits per heavy atom. The Kier molecular flexibility index (Phi) is 6.40. The van der Waals surface area contributed by atoms with Crippen molar-refractivity contribution in [2.24, 2.45) is 16.7 Å². The third kappa shape index (κ3) is 3.57. The van der Waals surface area contributed by atoms with Crippen LogP contribution in [0.3, 0.4) is 0 Å². The fourth-order valence-electron chi connectivity index (χ4n) is 7.96. The SMILES string of the molecule is C=C(C)O[C@@]12COC1CC[C@@]1(C)[C@H](O)[C@H](O)C3=C(C)[C@@H](O)C[C@@](O)([C@@H](OC(=O)c4ccccc4)[C@@H]12)C3(C)C. The van der Waals surface area contributed by atoms with Crippen molar-refractivity contribution in [1.82, 2.24) is 0 Å². The van der Waals surface area contributed by atoms with Crippen LogP contribution < -0.4 is 0 Å². The van der Waals surface area contributed by atoms with Gasteiger partial charge in [-0.25, -0.2) is 4.79 Å². The molecule has 8 nitrogen and oxygen atoms in total. The molecule has 3 aliphatic carbocycles. The predicted octanol–water partition coefficient (Wildman–Crippen LogP) is 2.89. The number of hydrogen-bond acceptors (Lipinski definition) is 8. The molecule has 1 aliphatic heterocycles. The van der Waals surface area contributed by atoms with Crippen LogP contribution >= 0.6 is 0 Å². The van der Waals surface area contributed by atoms with Crippen LogP contribution in [-0.4, -0.2) is 74.7 Å². The molecule has 4 aliphatic rings. The normalized spacial score (nSPS) is 43.5. The van der Waals surface area contributed by atoms with Crippen molar-refractivity contribution >= 4 is 5.97 Å². The van der Waals surface area contributed by atoms with Gasteiger partial charge in [-0.1, -0.05) is 45.5 Å². The first kappa shape index (κ1) is 27.3. The van der Waals surface area contributed by atoms with Gasteiger partial charge in [-0.3, -0.25) is 0 Å². The van der Waals surface area contributed by atoms with Gasteiger partial charge in [-0.05, 0) is 50.0 Å². The van der Waals surface area contributed by atoms with Crippen molar-refractivity contribution in [1.29, 1.82) is 0 Å². The van der Waals surface area contributed by atoms with Gasteiger partial charge >= 0.3 is 5.97 Å². The molecule has 0 spiro atoms. The summed E-state index contributed by atoms with van der Waals surface area (Å²) in [5.41, 5.74) is -3.92. The molecule has 0 radical (unpaired) electrons. The van der Waals surface area contributed by atoms with Crippen LogP contribution in [0.5, 0.6) is 0 Å². The largest absolute Gasteiger partial charge is 0.487 e. The fraction of sp³-hybridized carbons (Fsp3) is 0.633. The summed E-state index contributed by atoms with van der Waals surface area (Å²) < 4.78 is 18.7. The Bertz CT molecular complexity index is 1160. The fourth-order valence-corrected chi connectivity index (χ4v) is 7.96. The smallest absolute Gasteiger partial charge is 0.338 e. The highest BCUT2D eigenvalue weighted by atomic mass is 16.6. The van der Waals surface area contributed by atoms with E-state index in [1.165, 1.54) is 0 Å². The maximum atomic E-state index is 13.6. The van der Waals surface area contributed by atoms with Crippen molar-refractivity contribution < 1.29 is 39.4 Å². The number of carbonyl (C=O) groups is 1. The second-order valence-corrected chi connectivity index (χ2v) is 12.5. The number of allylic oxidation sites excluding steroid dienone is 1. The monoisotopic (exact) mass is 528 g/mol. The first-order valence-corrected chi connectivity index (χ1v) is 13.4. The molecule has 0 amide bonds. The summed E-state index contributed by atoms with van der Waals surface area (Å²) in [5, 5.41) is 47.5. The van der Waals surface area contributed by atoms with Gasteiger partial charge in [-0.2, -0.15) is 0 Å². The van der Waals surface area contributed by atoms with Crippen molar-refractivity contribution in [3.05, 3.63) is 59.4 Å². The molecule has 1 saturated heterocycles. The predicted molar refractivity (Wildman–Crippen MR) is 139 cm³/mol. The molecule has 4 N–H and O–H groups in total. The highest BCUT2D eigenvalue weighted by molar-refractivity contribution is 5.89. The lowest BCUT2D eigenvalue weighted by molar-refractivity contribution is -0.350. The number of hydrogen-bond donors (Lipinski definition) is 4. The minimum Gasteiger partial charge on any atom is -0.487 e. The molecule has 2 saturated carbocycles. The molecule has 0 aromatic heterocycles. The molecule has 1 aromatic carbocycles. The number of aliphatic hydroxyl groups is 4. The lowest BCUT2D eigenvalue weighted by atomic mass is 9.45. The zero-order valence-corrected chi connectivity index (χ0v) is 22.8. The molecule has 9 atom stereocenters. The van der Waals surface area contributed by atoms with Crippen LogP contribution in [0, 0.1) is 16.7 Å². The molecule has 8 heteroatoms. The van der Waals surface area contributed by atoms with Gasteiger partial charge in [-0.15, -0.1) is 0 Å². The van der Waals surface area contributed by atoms with Gasteiger partial charge in [0.1, 0.15) is 23.9 Å². The molecular formula is C30H40O8. The maximum absolute atomic E-state index is 13.6. The third-order valence-corrected chi connectivity index (χ3v) is 10.1. The van der Waals surface area contributed by atoms with E-state index < -0.39 is 58.3 Å². The lowest BCUT2D eigenvalue weighted by Gasteiger charge is -2.68. The van der Waals surface area contributed by atoms with E-state index in [1.54, 1.807) is 58.0 Å². The number of benzene rings is 1. The zero-order valence-electron chi connectivity index (χ0n) is 22.8. The van der Waals surface area contributed by atoms with E-state index in [-0.39, 0.29) is 19.1 Å². The number of fused-ring (bicyclic) bond motifs is 5. The van der Waals surface area contributed by atoms with E-state index >= 15 is 0 Å². The Labute approximate surface area is 223 Å². The van der Waals surface area contributed by atoms with Gasteiger partial charge in [0, 0.05) is 17.3 Å².